The van der Waals surface area contributed by atoms with Crippen molar-refractivity contribution in [1.29, 1.82) is 5.41 Å². The van der Waals surface area contributed by atoms with Gasteiger partial charge in [0.2, 0.25) is 5.62 Å². The summed E-state index contributed by atoms with van der Waals surface area (Å²) in [6.07, 6.45) is 0. The molecule has 4 nitrogen and oxygen atoms in total. The lowest BCUT2D eigenvalue weighted by Crippen LogP contribution is -2.25. The number of hydrogen-bond acceptors (Lipinski definition) is 2. The van der Waals surface area contributed by atoms with Crippen LogP contribution >= 0.6 is 0 Å². The zero-order valence-electron chi connectivity index (χ0n) is 27.1. The quantitative estimate of drug-likeness (QED) is 0.147. The molecule has 0 bridgehead atoms. The van der Waals surface area contributed by atoms with Crippen LogP contribution in [-0.2, 0) is 5.41 Å². The third kappa shape index (κ3) is 4.09. The molecule has 4 heteroatoms. The summed E-state index contributed by atoms with van der Waals surface area (Å²) < 4.78 is 0. The molecule has 1 aromatic heterocycles. The molecule has 0 aliphatic heterocycles. The number of H-pyrrole nitrogens is 1. The summed E-state index contributed by atoms with van der Waals surface area (Å²) in [5.74, 6) is 0.147. The number of fused-ring (bicyclic) bond motifs is 11. The number of benzene rings is 7. The second kappa shape index (κ2) is 10.9. The topological polar surface area (TPSA) is 64.9 Å². The van der Waals surface area contributed by atoms with Crippen molar-refractivity contribution in [2.45, 2.75) is 5.41 Å². The van der Waals surface area contributed by atoms with Gasteiger partial charge >= 0.3 is 0 Å². The van der Waals surface area contributed by atoms with Gasteiger partial charge < -0.3 is 4.98 Å². The van der Waals surface area contributed by atoms with Crippen LogP contribution in [0.25, 0.3) is 55.5 Å². The van der Waals surface area contributed by atoms with E-state index < -0.39 is 5.41 Å². The predicted octanol–water partition coefficient (Wildman–Crippen LogP) is 10.2. The second-order valence-corrected chi connectivity index (χ2v) is 13.0. The van der Waals surface area contributed by atoms with E-state index in [1.807, 2.05) is 48.5 Å². The van der Waals surface area contributed by atoms with E-state index in [1.54, 1.807) is 0 Å². The SMILES string of the molecule is N=C(/N=c1/nc(-c2ccccc2)c2ccccc2[nH]1)c1cccc(-c2ccc3c(c2)C2(c4ccccc4-c4ccccc42)c2ccccc2-3)c1. The molecule has 1 heterocycles. The molecule has 7 aromatic carbocycles. The highest BCUT2D eigenvalue weighted by Gasteiger charge is 2.51. The van der Waals surface area contributed by atoms with Gasteiger partial charge in [-0.1, -0.05) is 152 Å². The van der Waals surface area contributed by atoms with Gasteiger partial charge in [-0.15, -0.1) is 0 Å². The molecule has 0 fully saturated rings. The van der Waals surface area contributed by atoms with Gasteiger partial charge in [-0.25, -0.2) is 4.98 Å². The number of para-hydroxylation sites is 1. The van der Waals surface area contributed by atoms with E-state index in [1.165, 1.54) is 44.5 Å². The van der Waals surface area contributed by atoms with E-state index in [4.69, 9.17) is 15.4 Å². The molecule has 0 unspecified atom stereocenters. The van der Waals surface area contributed by atoms with Crippen LogP contribution in [0.5, 0.6) is 0 Å². The predicted molar refractivity (Wildman–Crippen MR) is 202 cm³/mol. The van der Waals surface area contributed by atoms with E-state index in [2.05, 4.69) is 126 Å². The number of amidine groups is 1. The van der Waals surface area contributed by atoms with Gasteiger partial charge in [0.15, 0.2) is 5.84 Å². The van der Waals surface area contributed by atoms with Crippen LogP contribution in [0.1, 0.15) is 27.8 Å². The first-order chi connectivity index (χ1) is 24.7. The van der Waals surface area contributed by atoms with Crippen molar-refractivity contribution in [3.8, 4) is 44.6 Å². The van der Waals surface area contributed by atoms with Crippen molar-refractivity contribution in [2.24, 2.45) is 4.99 Å². The molecule has 0 radical (unpaired) electrons. The highest BCUT2D eigenvalue weighted by molar-refractivity contribution is 5.99. The Balaban J connectivity index is 1.10. The minimum atomic E-state index is -0.400. The average Bonchev–Trinajstić information content (AvgIpc) is 3.65. The average molecular weight is 639 g/mol. The van der Waals surface area contributed by atoms with Crippen LogP contribution in [0.15, 0.2) is 175 Å². The third-order valence-corrected chi connectivity index (χ3v) is 10.4. The van der Waals surface area contributed by atoms with Gasteiger partial charge in [-0.2, -0.15) is 4.99 Å². The zero-order chi connectivity index (χ0) is 33.2. The molecular formula is C46H30N4. The Labute approximate surface area is 289 Å². The normalized spacial score (nSPS) is 13.6. The standard InChI is InChI=1S/C46H30N4/c47-44(50-45-48-42-24-11-7-20-37(42)43(49-45)29-13-2-1-3-14-29)32-16-12-15-30(27-32)31-25-26-36-35-19-6-10-23-40(35)46(41(36)28-31)38-21-8-4-17-33(38)34-18-5-9-22-39(34)46/h1-28H,(H2,47,48,49,50). The summed E-state index contributed by atoms with van der Waals surface area (Å²) in [6.45, 7) is 0. The summed E-state index contributed by atoms with van der Waals surface area (Å²) in [7, 11) is 0. The number of nitrogens with zero attached hydrogens (tertiary/aromatic N) is 2. The maximum absolute atomic E-state index is 9.09. The first-order valence-electron chi connectivity index (χ1n) is 16.9. The van der Waals surface area contributed by atoms with Crippen LogP contribution < -0.4 is 5.62 Å². The van der Waals surface area contributed by atoms with Crippen LogP contribution in [0, 0.1) is 5.41 Å². The van der Waals surface area contributed by atoms with Crippen molar-refractivity contribution in [1.82, 2.24) is 9.97 Å². The maximum atomic E-state index is 9.09. The lowest BCUT2D eigenvalue weighted by molar-refractivity contribution is 0.794. The van der Waals surface area contributed by atoms with Crippen molar-refractivity contribution >= 4 is 16.7 Å². The minimum absolute atomic E-state index is 0.147. The largest absolute Gasteiger partial charge is 0.323 e. The van der Waals surface area contributed by atoms with Crippen molar-refractivity contribution in [2.75, 3.05) is 0 Å². The summed E-state index contributed by atoms with van der Waals surface area (Å²) in [5, 5.41) is 10.1. The van der Waals surface area contributed by atoms with Gasteiger partial charge in [0.1, 0.15) is 0 Å². The fourth-order valence-corrected chi connectivity index (χ4v) is 8.27. The van der Waals surface area contributed by atoms with Gasteiger partial charge in [0.25, 0.3) is 0 Å². The molecule has 0 amide bonds. The highest BCUT2D eigenvalue weighted by atomic mass is 15.0. The van der Waals surface area contributed by atoms with Gasteiger partial charge in [0.05, 0.1) is 16.6 Å². The lowest BCUT2D eigenvalue weighted by Gasteiger charge is -2.30. The highest BCUT2D eigenvalue weighted by Crippen LogP contribution is 2.62. The van der Waals surface area contributed by atoms with Gasteiger partial charge in [0, 0.05) is 16.5 Å². The Morgan fingerprint density at radius 1 is 0.500 bits per heavy atom. The first-order valence-corrected chi connectivity index (χ1v) is 16.9. The monoisotopic (exact) mass is 638 g/mol. The minimum Gasteiger partial charge on any atom is -0.323 e. The van der Waals surface area contributed by atoms with Crippen molar-refractivity contribution in [3.05, 3.63) is 203 Å². The molecule has 2 aliphatic carbocycles. The van der Waals surface area contributed by atoms with E-state index in [-0.39, 0.29) is 5.84 Å². The Bertz CT molecular complexity index is 2670. The molecule has 1 spiro atoms. The molecule has 2 aliphatic rings. The fourth-order valence-electron chi connectivity index (χ4n) is 8.27. The van der Waals surface area contributed by atoms with Crippen molar-refractivity contribution < 1.29 is 0 Å². The molecule has 10 rings (SSSR count). The Hall–Kier alpha value is -6.65. The summed E-state index contributed by atoms with van der Waals surface area (Å²) in [6, 6.07) is 59.9. The Morgan fingerprint density at radius 3 is 1.76 bits per heavy atom. The van der Waals surface area contributed by atoms with Crippen molar-refractivity contribution in [3.63, 3.8) is 0 Å². The molecule has 8 aromatic rings. The van der Waals surface area contributed by atoms with E-state index in [0.29, 0.717) is 5.62 Å². The summed E-state index contributed by atoms with van der Waals surface area (Å²) >= 11 is 0. The Kier molecular flexibility index (Phi) is 6.21. The van der Waals surface area contributed by atoms with E-state index in [0.717, 1.165) is 38.9 Å². The van der Waals surface area contributed by atoms with Crippen LogP contribution in [0.3, 0.4) is 0 Å². The molecule has 234 valence electrons. The molecule has 2 N–H and O–H groups in total. The second-order valence-electron chi connectivity index (χ2n) is 13.0. The lowest BCUT2D eigenvalue weighted by atomic mass is 9.70. The van der Waals surface area contributed by atoms with E-state index >= 15 is 0 Å². The van der Waals surface area contributed by atoms with Crippen LogP contribution in [0.4, 0.5) is 0 Å². The third-order valence-electron chi connectivity index (χ3n) is 10.4. The number of rotatable bonds is 3. The molecule has 0 saturated heterocycles. The Morgan fingerprint density at radius 2 is 1.06 bits per heavy atom. The van der Waals surface area contributed by atoms with Crippen LogP contribution in [-0.4, -0.2) is 15.8 Å². The first kappa shape index (κ1) is 28.4. The summed E-state index contributed by atoms with van der Waals surface area (Å²) in [4.78, 5) is 12.9. The molecule has 0 saturated carbocycles. The number of aromatic nitrogens is 2. The van der Waals surface area contributed by atoms with E-state index in [9.17, 15) is 0 Å². The van der Waals surface area contributed by atoms with Gasteiger partial charge in [-0.3, -0.25) is 5.41 Å². The fraction of sp³-hybridized carbons (Fsp3) is 0.0217. The summed E-state index contributed by atoms with van der Waals surface area (Å²) in [5.41, 5.74) is 16.0. The molecular weight excluding hydrogens is 609 g/mol. The number of hydrogen-bond donors (Lipinski definition) is 2. The zero-order valence-corrected chi connectivity index (χ0v) is 27.1. The van der Waals surface area contributed by atoms with Crippen LogP contribution in [0.2, 0.25) is 0 Å². The van der Waals surface area contributed by atoms with Gasteiger partial charge in [-0.05, 0) is 73.8 Å². The maximum Gasteiger partial charge on any atom is 0.229 e. The number of aromatic amines is 1. The molecule has 50 heavy (non-hydrogen) atoms. The molecule has 0 atom stereocenters. The smallest absolute Gasteiger partial charge is 0.229 e. The number of nitrogens with one attached hydrogen (secondary N) is 2.